The molecule has 0 radical (unpaired) electrons. The number of fused-ring (bicyclic) bond motifs is 4. The lowest BCUT2D eigenvalue weighted by atomic mass is 10.1. The number of carbonyl (C=O) groups excluding carboxylic acids is 2. The van der Waals surface area contributed by atoms with Crippen molar-refractivity contribution in [2.45, 2.75) is 86.6 Å². The maximum Gasteiger partial charge on any atom is 0.358 e. The number of ketones is 1. The average molecular weight is 857 g/mol. The van der Waals surface area contributed by atoms with E-state index in [1.165, 1.54) is 11.1 Å². The predicted octanol–water partition coefficient (Wildman–Crippen LogP) is 7.65. The van der Waals surface area contributed by atoms with E-state index in [0.717, 1.165) is 68.6 Å². The molecular formula is C48H56N8O7. The fourth-order valence-corrected chi connectivity index (χ4v) is 7.83. The molecule has 4 aromatic heterocycles. The number of benzene rings is 2. The Morgan fingerprint density at radius 1 is 0.651 bits per heavy atom. The molecule has 0 unspecified atom stereocenters. The molecule has 8 heterocycles. The highest BCUT2D eigenvalue weighted by molar-refractivity contribution is 5.93. The number of hydrogen-bond acceptors (Lipinski definition) is 13. The molecule has 15 heteroatoms. The fraction of sp³-hybridized carbons (Fsp3) is 0.375. The van der Waals surface area contributed by atoms with Gasteiger partial charge in [0.2, 0.25) is 0 Å². The Balaban J connectivity index is 0.000000183. The number of hydrogen-bond donors (Lipinski definition) is 0. The molecule has 0 aliphatic carbocycles. The molecule has 0 amide bonds. The SMILES string of the molecule is C.C.CCC(=O)c1cn2c(n1)CN(Cc1ccc([C@H]3COc4cccnc4O3)cc1)CC2.CCOC(=O)c1cn2c(n1)CN(Cc1ccc([C@H]3COc4cccnc4O3)cc1)CC2. The van der Waals surface area contributed by atoms with Gasteiger partial charge in [0, 0.05) is 70.5 Å². The first-order valence-electron chi connectivity index (χ1n) is 20.8. The zero-order chi connectivity index (χ0) is 41.7. The molecule has 2 atom stereocenters. The highest BCUT2D eigenvalue weighted by Crippen LogP contribution is 2.35. The van der Waals surface area contributed by atoms with Gasteiger partial charge in [-0.2, -0.15) is 0 Å². The quantitative estimate of drug-likeness (QED) is 0.0982. The van der Waals surface area contributed by atoms with Gasteiger partial charge in [0.05, 0.1) is 19.7 Å². The van der Waals surface area contributed by atoms with Crippen molar-refractivity contribution in [2.24, 2.45) is 0 Å². The van der Waals surface area contributed by atoms with Gasteiger partial charge in [0.1, 0.15) is 30.6 Å². The first-order chi connectivity index (χ1) is 29.9. The molecule has 10 rings (SSSR count). The number of nitrogens with zero attached hydrogens (tertiary/aromatic N) is 8. The molecule has 0 fully saturated rings. The van der Waals surface area contributed by atoms with Crippen molar-refractivity contribution >= 4 is 11.8 Å². The van der Waals surface area contributed by atoms with Gasteiger partial charge in [0.15, 0.2) is 35.2 Å². The van der Waals surface area contributed by atoms with Crippen LogP contribution in [0.4, 0.5) is 0 Å². The van der Waals surface area contributed by atoms with Crippen LogP contribution in [0.1, 0.15) is 102 Å². The lowest BCUT2D eigenvalue weighted by molar-refractivity contribution is 0.0519. The molecule has 4 aliphatic rings. The maximum atomic E-state index is 11.9. The predicted molar refractivity (Wildman–Crippen MR) is 236 cm³/mol. The van der Waals surface area contributed by atoms with E-state index in [0.29, 0.717) is 67.4 Å². The standard InChI is InChI=1S/C23H24N4O4.C23H24N4O3.2CH4/c1-2-29-23(28)18-13-27-11-10-26(14-21(27)25-18)12-16-5-7-17(8-6-16)20-15-30-19-4-3-9-24-22(19)31-20;1-2-19(28)18-13-27-11-10-26(14-22(27)25-18)12-16-5-7-17(8-6-16)21-15-29-20-4-3-9-24-23(20)30-21;;/h3-9,13,20H,2,10-12,14-15H2,1H3;3-9,13,21H,2,10-12,14-15H2,1H3;2*1H4/t20-;21-;;/m11../s1. The van der Waals surface area contributed by atoms with Crippen LogP contribution in [0, 0.1) is 0 Å². The van der Waals surface area contributed by atoms with E-state index in [1.54, 1.807) is 25.5 Å². The van der Waals surface area contributed by atoms with Gasteiger partial charge >= 0.3 is 5.97 Å². The second-order valence-corrected chi connectivity index (χ2v) is 15.3. The minimum Gasteiger partial charge on any atom is -0.484 e. The topological polar surface area (TPSA) is 148 Å². The van der Waals surface area contributed by atoms with Crippen LogP contribution in [-0.2, 0) is 44.0 Å². The van der Waals surface area contributed by atoms with Crippen molar-refractivity contribution in [1.82, 2.24) is 38.9 Å². The van der Waals surface area contributed by atoms with E-state index in [4.69, 9.17) is 23.7 Å². The summed E-state index contributed by atoms with van der Waals surface area (Å²) in [5.74, 6) is 4.06. The molecule has 0 N–H and O–H groups in total. The Labute approximate surface area is 368 Å². The van der Waals surface area contributed by atoms with Crippen LogP contribution in [0.5, 0.6) is 23.3 Å². The summed E-state index contributed by atoms with van der Waals surface area (Å²) in [6, 6.07) is 24.3. The summed E-state index contributed by atoms with van der Waals surface area (Å²) in [7, 11) is 0. The summed E-state index contributed by atoms with van der Waals surface area (Å²) in [6.45, 7) is 11.6. The maximum absolute atomic E-state index is 11.9. The molecule has 0 saturated heterocycles. The number of pyridine rings is 2. The van der Waals surface area contributed by atoms with Gasteiger partial charge in [0.25, 0.3) is 11.8 Å². The third-order valence-electron chi connectivity index (χ3n) is 11.1. The second-order valence-electron chi connectivity index (χ2n) is 15.3. The summed E-state index contributed by atoms with van der Waals surface area (Å²) < 4.78 is 32.7. The normalized spacial score (nSPS) is 17.4. The Morgan fingerprint density at radius 3 is 1.60 bits per heavy atom. The fourth-order valence-electron chi connectivity index (χ4n) is 7.83. The first kappa shape index (κ1) is 44.5. The molecule has 4 aliphatic heterocycles. The second kappa shape index (κ2) is 20.1. The summed E-state index contributed by atoms with van der Waals surface area (Å²) in [5, 5.41) is 0. The molecule has 0 saturated carbocycles. The zero-order valence-corrected chi connectivity index (χ0v) is 34.3. The summed E-state index contributed by atoms with van der Waals surface area (Å²) in [4.78, 5) is 46.0. The Bertz CT molecular complexity index is 2490. The van der Waals surface area contributed by atoms with E-state index in [9.17, 15) is 9.59 Å². The highest BCUT2D eigenvalue weighted by Gasteiger charge is 2.26. The number of esters is 1. The Kier molecular flexibility index (Phi) is 14.2. The van der Waals surface area contributed by atoms with Gasteiger partial charge in [-0.15, -0.1) is 0 Å². The number of aromatic nitrogens is 6. The lowest BCUT2D eigenvalue weighted by Gasteiger charge is -2.28. The van der Waals surface area contributed by atoms with Crippen LogP contribution in [0.3, 0.4) is 0 Å². The van der Waals surface area contributed by atoms with Crippen molar-refractivity contribution in [1.29, 1.82) is 0 Å². The Morgan fingerprint density at radius 2 is 1.13 bits per heavy atom. The van der Waals surface area contributed by atoms with Crippen LogP contribution >= 0.6 is 0 Å². The van der Waals surface area contributed by atoms with Crippen molar-refractivity contribution in [3.05, 3.63) is 143 Å². The van der Waals surface area contributed by atoms with Gasteiger partial charge in [-0.3, -0.25) is 14.6 Å². The summed E-state index contributed by atoms with van der Waals surface area (Å²) >= 11 is 0. The van der Waals surface area contributed by atoms with Crippen LogP contribution in [0.15, 0.2) is 97.6 Å². The average Bonchev–Trinajstić information content (AvgIpc) is 3.94. The van der Waals surface area contributed by atoms with Crippen LogP contribution in [0.25, 0.3) is 0 Å². The highest BCUT2D eigenvalue weighted by atomic mass is 16.6. The molecule has 15 nitrogen and oxygen atoms in total. The summed E-state index contributed by atoms with van der Waals surface area (Å²) in [5.41, 5.74) is 5.56. The van der Waals surface area contributed by atoms with Crippen molar-refractivity contribution in [3.8, 4) is 23.3 Å². The molecule has 6 aromatic rings. The number of ether oxygens (including phenoxy) is 5. The third kappa shape index (κ3) is 10.2. The molecule has 330 valence electrons. The number of imidazole rings is 2. The zero-order valence-electron chi connectivity index (χ0n) is 34.3. The van der Waals surface area contributed by atoms with E-state index in [-0.39, 0.29) is 38.8 Å². The van der Waals surface area contributed by atoms with E-state index < -0.39 is 0 Å². The summed E-state index contributed by atoms with van der Waals surface area (Å²) in [6.07, 6.45) is 7.26. The van der Waals surface area contributed by atoms with Crippen LogP contribution in [0.2, 0.25) is 0 Å². The smallest absolute Gasteiger partial charge is 0.358 e. The minimum absolute atomic E-state index is 0. The Hall–Kier alpha value is -6.58. The van der Waals surface area contributed by atoms with Crippen molar-refractivity contribution in [3.63, 3.8) is 0 Å². The minimum atomic E-state index is -0.363. The van der Waals surface area contributed by atoms with E-state index >= 15 is 0 Å². The van der Waals surface area contributed by atoms with Gasteiger partial charge < -0.3 is 32.8 Å². The van der Waals surface area contributed by atoms with Crippen molar-refractivity contribution in [2.75, 3.05) is 32.9 Å². The van der Waals surface area contributed by atoms with E-state index in [2.05, 4.69) is 82.8 Å². The number of carbonyl (C=O) groups is 2. The van der Waals surface area contributed by atoms with Gasteiger partial charge in [-0.05, 0) is 53.4 Å². The number of Topliss-reactive ketones (excluding diaryl/α,β-unsaturated/α-hetero) is 1. The molecule has 63 heavy (non-hydrogen) atoms. The lowest BCUT2D eigenvalue weighted by Crippen LogP contribution is -2.33. The molecular weight excluding hydrogens is 801 g/mol. The first-order valence-corrected chi connectivity index (χ1v) is 20.8. The molecule has 0 bridgehead atoms. The van der Waals surface area contributed by atoms with Crippen LogP contribution < -0.4 is 18.9 Å². The largest absolute Gasteiger partial charge is 0.484 e. The van der Waals surface area contributed by atoms with E-state index in [1.807, 2.05) is 42.0 Å². The van der Waals surface area contributed by atoms with Gasteiger partial charge in [-0.25, -0.2) is 24.7 Å². The number of rotatable bonds is 10. The van der Waals surface area contributed by atoms with Gasteiger partial charge in [-0.1, -0.05) is 70.3 Å². The monoisotopic (exact) mass is 856 g/mol. The third-order valence-corrected chi connectivity index (χ3v) is 11.1. The van der Waals surface area contributed by atoms with Crippen LogP contribution in [-0.4, -0.2) is 83.5 Å². The van der Waals surface area contributed by atoms with Crippen molar-refractivity contribution < 1.29 is 33.3 Å². The molecule has 2 aromatic carbocycles. The molecule has 0 spiro atoms.